The fraction of sp³-hybridized carbons (Fsp3) is 0.667. The molecule has 1 spiro atoms. The molecule has 3 heterocycles. The predicted molar refractivity (Wildman–Crippen MR) is 99.3 cm³/mol. The third-order valence-corrected chi connectivity index (χ3v) is 5.81. The molecular weight excluding hydrogens is 344 g/mol. The molecule has 0 aromatic carbocycles. The molecule has 1 saturated heterocycles. The zero-order valence-corrected chi connectivity index (χ0v) is 16.2. The monoisotopic (exact) mass is 370 g/mol. The van der Waals surface area contributed by atoms with Gasteiger partial charge in [0, 0.05) is 45.2 Å². The molecule has 9 heteroatoms. The van der Waals surface area contributed by atoms with E-state index in [9.17, 15) is 4.79 Å². The van der Waals surface area contributed by atoms with Gasteiger partial charge < -0.3 is 9.80 Å². The lowest BCUT2D eigenvalue weighted by Crippen LogP contribution is -2.48. The largest absolute Gasteiger partial charge is 0.347 e. The van der Waals surface area contributed by atoms with Gasteiger partial charge in [-0.2, -0.15) is 0 Å². The van der Waals surface area contributed by atoms with E-state index in [0.717, 1.165) is 56.2 Å². The average Bonchev–Trinajstić information content (AvgIpc) is 3.23. The zero-order valence-electron chi connectivity index (χ0n) is 16.2. The molecule has 2 aromatic rings. The Bertz CT molecular complexity index is 844. The molecule has 2 aromatic heterocycles. The lowest BCUT2D eigenvalue weighted by molar-refractivity contribution is -0.133. The molecule has 0 bridgehead atoms. The van der Waals surface area contributed by atoms with Gasteiger partial charge >= 0.3 is 0 Å². The number of tetrazole rings is 1. The lowest BCUT2D eigenvalue weighted by atomic mass is 9.77. The summed E-state index contributed by atoms with van der Waals surface area (Å²) in [7, 11) is 3.92. The van der Waals surface area contributed by atoms with E-state index in [1.54, 1.807) is 4.68 Å². The maximum Gasteiger partial charge on any atom is 0.225 e. The molecule has 1 unspecified atom stereocenters. The summed E-state index contributed by atoms with van der Waals surface area (Å²) in [5, 5.41) is 11.4. The number of piperidine rings is 1. The Balaban J connectivity index is 1.50. The number of aryl methyl sites for hydroxylation is 3. The highest BCUT2D eigenvalue weighted by Crippen LogP contribution is 2.44. The Morgan fingerprint density at radius 3 is 2.93 bits per heavy atom. The normalized spacial score (nSPS) is 21.5. The Morgan fingerprint density at radius 2 is 2.19 bits per heavy atom. The Kier molecular flexibility index (Phi) is 4.53. The number of carbonyl (C=O) groups is 1. The molecular formula is C18H26N8O. The number of hydrogen-bond donors (Lipinski definition) is 0. The van der Waals surface area contributed by atoms with Crippen molar-refractivity contribution in [3.63, 3.8) is 0 Å². The number of carbonyl (C=O) groups excluding carboxylic acids is 1. The SMILES string of the molecule is Cc1nnnn1CCC(=O)N1CCCC2(CCc3cnc(N(C)C)nc32)C1. The summed E-state index contributed by atoms with van der Waals surface area (Å²) in [6, 6.07) is 0. The first-order chi connectivity index (χ1) is 13.0. The van der Waals surface area contributed by atoms with Crippen molar-refractivity contribution < 1.29 is 4.79 Å². The molecule has 27 heavy (non-hydrogen) atoms. The smallest absolute Gasteiger partial charge is 0.225 e. The second-order valence-corrected chi connectivity index (χ2v) is 7.84. The van der Waals surface area contributed by atoms with Gasteiger partial charge in [0.15, 0.2) is 0 Å². The number of likely N-dealkylation sites (tertiary alicyclic amines) is 1. The molecule has 4 rings (SSSR count). The third-order valence-electron chi connectivity index (χ3n) is 5.81. The van der Waals surface area contributed by atoms with Crippen LogP contribution >= 0.6 is 0 Å². The Hall–Kier alpha value is -2.58. The molecule has 2 aliphatic rings. The van der Waals surface area contributed by atoms with Crippen LogP contribution in [0.1, 0.15) is 42.8 Å². The van der Waals surface area contributed by atoms with E-state index in [2.05, 4.69) is 20.5 Å². The Labute approximate surface area is 158 Å². The van der Waals surface area contributed by atoms with E-state index in [1.165, 1.54) is 5.56 Å². The van der Waals surface area contributed by atoms with Gasteiger partial charge in [-0.15, -0.1) is 5.10 Å². The number of rotatable bonds is 4. The van der Waals surface area contributed by atoms with E-state index in [4.69, 9.17) is 4.98 Å². The van der Waals surface area contributed by atoms with Crippen molar-refractivity contribution in [2.45, 2.75) is 51.0 Å². The minimum absolute atomic E-state index is 0.0261. The van der Waals surface area contributed by atoms with Gasteiger partial charge in [0.2, 0.25) is 11.9 Å². The molecule has 144 valence electrons. The molecule has 1 aliphatic heterocycles. The second kappa shape index (κ2) is 6.86. The molecule has 1 fully saturated rings. The van der Waals surface area contributed by atoms with Crippen molar-refractivity contribution >= 4 is 11.9 Å². The number of amides is 1. The number of hydrogen-bond acceptors (Lipinski definition) is 7. The highest BCUT2D eigenvalue weighted by Gasteiger charge is 2.44. The van der Waals surface area contributed by atoms with Crippen molar-refractivity contribution in [1.82, 2.24) is 35.1 Å². The van der Waals surface area contributed by atoms with Crippen LogP contribution in [0.4, 0.5) is 5.95 Å². The number of fused-ring (bicyclic) bond motifs is 2. The van der Waals surface area contributed by atoms with Gasteiger partial charge in [-0.25, -0.2) is 14.6 Å². The minimum atomic E-state index is -0.0261. The van der Waals surface area contributed by atoms with Gasteiger partial charge in [-0.05, 0) is 48.6 Å². The van der Waals surface area contributed by atoms with E-state index in [0.29, 0.717) is 13.0 Å². The lowest BCUT2D eigenvalue weighted by Gasteiger charge is -2.40. The van der Waals surface area contributed by atoms with E-state index < -0.39 is 0 Å². The molecule has 9 nitrogen and oxygen atoms in total. The zero-order chi connectivity index (χ0) is 19.0. The number of aromatic nitrogens is 6. The standard InChI is InChI=1S/C18H26N8O/c1-13-21-22-23-26(13)10-6-15(27)25-9-4-7-18(12-25)8-5-14-11-19-17(24(2)3)20-16(14)18/h11H,4-10,12H2,1-3H3. The van der Waals surface area contributed by atoms with Gasteiger partial charge in [0.1, 0.15) is 5.82 Å². The highest BCUT2D eigenvalue weighted by molar-refractivity contribution is 5.76. The minimum Gasteiger partial charge on any atom is -0.347 e. The summed E-state index contributed by atoms with van der Waals surface area (Å²) in [6.07, 6.45) is 6.52. The van der Waals surface area contributed by atoms with Crippen LogP contribution in [0.25, 0.3) is 0 Å². The van der Waals surface area contributed by atoms with E-state index >= 15 is 0 Å². The summed E-state index contributed by atoms with van der Waals surface area (Å²) in [5.41, 5.74) is 2.36. The molecule has 1 atom stereocenters. The van der Waals surface area contributed by atoms with Crippen molar-refractivity contribution in [2.75, 3.05) is 32.1 Å². The van der Waals surface area contributed by atoms with Crippen LogP contribution in [-0.4, -0.2) is 68.2 Å². The van der Waals surface area contributed by atoms with Crippen LogP contribution in [0, 0.1) is 6.92 Å². The molecule has 0 radical (unpaired) electrons. The second-order valence-electron chi connectivity index (χ2n) is 7.84. The van der Waals surface area contributed by atoms with Crippen LogP contribution < -0.4 is 4.90 Å². The maximum atomic E-state index is 12.8. The summed E-state index contributed by atoms with van der Waals surface area (Å²) < 4.78 is 1.68. The molecule has 0 saturated carbocycles. The average molecular weight is 370 g/mol. The first-order valence-corrected chi connectivity index (χ1v) is 9.53. The van der Waals surface area contributed by atoms with Crippen LogP contribution in [0.5, 0.6) is 0 Å². The van der Waals surface area contributed by atoms with E-state index in [1.807, 2.05) is 37.0 Å². The van der Waals surface area contributed by atoms with Crippen LogP contribution in [0.3, 0.4) is 0 Å². The van der Waals surface area contributed by atoms with E-state index in [-0.39, 0.29) is 11.3 Å². The molecule has 1 amide bonds. The Morgan fingerprint density at radius 1 is 1.33 bits per heavy atom. The van der Waals surface area contributed by atoms with Crippen molar-refractivity contribution in [3.8, 4) is 0 Å². The first kappa shape index (κ1) is 17.8. The topological polar surface area (TPSA) is 92.9 Å². The van der Waals surface area contributed by atoms with Crippen LogP contribution in [0.2, 0.25) is 0 Å². The van der Waals surface area contributed by atoms with Gasteiger partial charge in [0.05, 0.1) is 12.2 Å². The predicted octanol–water partition coefficient (Wildman–Crippen LogP) is 0.734. The number of nitrogens with zero attached hydrogens (tertiary/aromatic N) is 8. The fourth-order valence-corrected chi connectivity index (χ4v) is 4.30. The summed E-state index contributed by atoms with van der Waals surface area (Å²) in [4.78, 5) is 26.1. The highest BCUT2D eigenvalue weighted by atomic mass is 16.2. The van der Waals surface area contributed by atoms with Gasteiger partial charge in [0.25, 0.3) is 0 Å². The third kappa shape index (κ3) is 3.26. The summed E-state index contributed by atoms with van der Waals surface area (Å²) >= 11 is 0. The van der Waals surface area contributed by atoms with Gasteiger partial charge in [-0.3, -0.25) is 4.79 Å². The fourth-order valence-electron chi connectivity index (χ4n) is 4.30. The number of anilines is 1. The molecule has 1 aliphatic carbocycles. The van der Waals surface area contributed by atoms with Crippen molar-refractivity contribution in [3.05, 3.63) is 23.3 Å². The quantitative estimate of drug-likeness (QED) is 0.783. The van der Waals surface area contributed by atoms with Crippen LogP contribution in [-0.2, 0) is 23.2 Å². The van der Waals surface area contributed by atoms with Crippen LogP contribution in [0.15, 0.2) is 6.20 Å². The van der Waals surface area contributed by atoms with Gasteiger partial charge in [-0.1, -0.05) is 0 Å². The first-order valence-electron chi connectivity index (χ1n) is 9.53. The summed E-state index contributed by atoms with van der Waals surface area (Å²) in [5.74, 6) is 1.64. The van der Waals surface area contributed by atoms with Crippen molar-refractivity contribution in [2.24, 2.45) is 0 Å². The molecule has 0 N–H and O–H groups in total. The maximum absolute atomic E-state index is 12.8. The summed E-state index contributed by atoms with van der Waals surface area (Å²) in [6.45, 7) is 3.93. The van der Waals surface area contributed by atoms with Crippen molar-refractivity contribution in [1.29, 1.82) is 0 Å².